The van der Waals surface area contributed by atoms with Crippen molar-refractivity contribution < 1.29 is 14.4 Å². The first-order chi connectivity index (χ1) is 6.60. The molecule has 0 aliphatic rings. The predicted molar refractivity (Wildman–Crippen MR) is 55.0 cm³/mol. The number of nitrogens with zero attached hydrogens (tertiary/aromatic N) is 1. The van der Waals surface area contributed by atoms with Crippen molar-refractivity contribution in [2.45, 2.75) is 0 Å². The van der Waals surface area contributed by atoms with Crippen LogP contribution in [0.5, 0.6) is 5.75 Å². The summed E-state index contributed by atoms with van der Waals surface area (Å²) in [6, 6.07) is 1.60. The van der Waals surface area contributed by atoms with Gasteiger partial charge in [0.15, 0.2) is 0 Å². The maximum Gasteiger partial charge on any atom is 0.291 e. The van der Waals surface area contributed by atoms with Crippen molar-refractivity contribution in [2.24, 2.45) is 0 Å². The molecule has 4 nitrogen and oxygen atoms in total. The second kappa shape index (κ2) is 4.63. The number of ether oxygens (including phenoxy) is 1. The number of thiophene rings is 1. The Balaban J connectivity index is 2.99. The van der Waals surface area contributed by atoms with Gasteiger partial charge in [0.05, 0.1) is 18.6 Å². The quantitative estimate of drug-likeness (QED) is 0.753. The smallest absolute Gasteiger partial charge is 0.291 e. The Hall–Kier alpha value is -0.780. The highest BCUT2D eigenvalue weighted by atomic mass is 35.5. The van der Waals surface area contributed by atoms with Crippen LogP contribution < -0.4 is 4.74 Å². The summed E-state index contributed by atoms with van der Waals surface area (Å²) in [6.07, 6.45) is 0. The summed E-state index contributed by atoms with van der Waals surface area (Å²) in [4.78, 5) is 16.8. The van der Waals surface area contributed by atoms with Gasteiger partial charge in [-0.1, -0.05) is 11.6 Å². The molecule has 0 saturated carbocycles. The number of carbonyl (C=O) groups is 1. The Kier molecular flexibility index (Phi) is 3.74. The Labute approximate surface area is 90.9 Å². The second-order valence-electron chi connectivity index (χ2n) is 2.43. The van der Waals surface area contributed by atoms with Crippen molar-refractivity contribution in [1.29, 1.82) is 0 Å². The van der Waals surface area contributed by atoms with Gasteiger partial charge in [0.25, 0.3) is 5.91 Å². The standard InChI is InChI=1S/C8H10ClNO3S/c1-10(13-3)8(11)7-5(12-2)4-6(9)14-7/h4H,1-3H3. The molecule has 0 spiro atoms. The second-order valence-corrected chi connectivity index (χ2v) is 4.12. The molecule has 0 radical (unpaired) electrons. The van der Waals surface area contributed by atoms with Crippen LogP contribution in [0.1, 0.15) is 9.67 Å². The normalized spacial score (nSPS) is 10.0. The molecule has 0 fully saturated rings. The number of hydrogen-bond donors (Lipinski definition) is 0. The van der Waals surface area contributed by atoms with Crippen LogP contribution in [0.25, 0.3) is 0 Å². The Bertz CT molecular complexity index is 339. The van der Waals surface area contributed by atoms with Crippen molar-refractivity contribution >= 4 is 28.8 Å². The summed E-state index contributed by atoms with van der Waals surface area (Å²) < 4.78 is 5.51. The number of carbonyl (C=O) groups excluding carboxylic acids is 1. The van der Waals surface area contributed by atoms with Gasteiger partial charge < -0.3 is 4.74 Å². The lowest BCUT2D eigenvalue weighted by Crippen LogP contribution is -2.24. The van der Waals surface area contributed by atoms with E-state index in [9.17, 15) is 4.79 Å². The van der Waals surface area contributed by atoms with Crippen molar-refractivity contribution in [2.75, 3.05) is 21.3 Å². The van der Waals surface area contributed by atoms with Gasteiger partial charge in [-0.2, -0.15) is 0 Å². The van der Waals surface area contributed by atoms with Crippen LogP contribution >= 0.6 is 22.9 Å². The summed E-state index contributed by atoms with van der Waals surface area (Å²) in [7, 11) is 4.43. The fourth-order valence-electron chi connectivity index (χ4n) is 0.872. The van der Waals surface area contributed by atoms with Crippen molar-refractivity contribution in [3.05, 3.63) is 15.3 Å². The molecule has 1 amide bonds. The molecule has 1 aromatic heterocycles. The average molecular weight is 236 g/mol. The minimum atomic E-state index is -0.277. The fraction of sp³-hybridized carbons (Fsp3) is 0.375. The molecular weight excluding hydrogens is 226 g/mol. The number of hydroxylamine groups is 2. The molecule has 0 atom stereocenters. The first-order valence-electron chi connectivity index (χ1n) is 3.75. The summed E-state index contributed by atoms with van der Waals surface area (Å²) in [5, 5.41) is 1.12. The van der Waals surface area contributed by atoms with E-state index >= 15 is 0 Å². The molecule has 0 unspecified atom stereocenters. The van der Waals surface area contributed by atoms with E-state index in [-0.39, 0.29) is 5.91 Å². The largest absolute Gasteiger partial charge is 0.495 e. The summed E-state index contributed by atoms with van der Waals surface area (Å²) in [6.45, 7) is 0. The van der Waals surface area contributed by atoms with Gasteiger partial charge in [0, 0.05) is 13.1 Å². The number of methoxy groups -OCH3 is 1. The molecule has 14 heavy (non-hydrogen) atoms. The van der Waals surface area contributed by atoms with Crippen LogP contribution in [0.15, 0.2) is 6.07 Å². The van der Waals surface area contributed by atoms with E-state index in [2.05, 4.69) is 0 Å². The van der Waals surface area contributed by atoms with Gasteiger partial charge in [0.1, 0.15) is 10.6 Å². The molecule has 0 saturated heterocycles. The minimum absolute atomic E-state index is 0.277. The lowest BCUT2D eigenvalue weighted by molar-refractivity contribution is -0.0755. The summed E-state index contributed by atoms with van der Waals surface area (Å²) in [5.41, 5.74) is 0. The van der Waals surface area contributed by atoms with Crippen molar-refractivity contribution in [3.63, 3.8) is 0 Å². The monoisotopic (exact) mass is 235 g/mol. The van der Waals surface area contributed by atoms with Crippen LogP contribution in [0.4, 0.5) is 0 Å². The Morgan fingerprint density at radius 2 is 2.21 bits per heavy atom. The van der Waals surface area contributed by atoms with Crippen LogP contribution in [0, 0.1) is 0 Å². The molecule has 0 aliphatic carbocycles. The van der Waals surface area contributed by atoms with Crippen LogP contribution in [-0.2, 0) is 4.84 Å². The van der Waals surface area contributed by atoms with E-state index in [4.69, 9.17) is 21.2 Å². The molecule has 1 aromatic rings. The predicted octanol–water partition coefficient (Wildman–Crippen LogP) is 2.04. The van der Waals surface area contributed by atoms with E-state index in [1.165, 1.54) is 21.3 Å². The lowest BCUT2D eigenvalue weighted by atomic mass is 10.4. The Morgan fingerprint density at radius 3 is 2.71 bits per heavy atom. The van der Waals surface area contributed by atoms with Gasteiger partial charge >= 0.3 is 0 Å². The third-order valence-corrected chi connectivity index (χ3v) is 2.88. The van der Waals surface area contributed by atoms with Crippen LogP contribution in [-0.4, -0.2) is 32.2 Å². The fourth-order valence-corrected chi connectivity index (χ4v) is 2.02. The van der Waals surface area contributed by atoms with Crippen molar-refractivity contribution in [1.82, 2.24) is 5.06 Å². The first kappa shape index (κ1) is 11.3. The summed E-state index contributed by atoms with van der Waals surface area (Å²) >= 11 is 6.92. The third kappa shape index (κ3) is 2.17. The van der Waals surface area contributed by atoms with Crippen molar-refractivity contribution in [3.8, 4) is 5.75 Å². The van der Waals surface area contributed by atoms with Gasteiger partial charge in [0.2, 0.25) is 0 Å². The third-order valence-electron chi connectivity index (χ3n) is 1.64. The highest BCUT2D eigenvalue weighted by molar-refractivity contribution is 7.18. The molecular formula is C8H10ClNO3S. The molecule has 0 aromatic carbocycles. The van der Waals surface area contributed by atoms with E-state index in [0.29, 0.717) is 15.0 Å². The maximum atomic E-state index is 11.6. The topological polar surface area (TPSA) is 38.8 Å². The van der Waals surface area contributed by atoms with E-state index in [1.54, 1.807) is 6.07 Å². The minimum Gasteiger partial charge on any atom is -0.495 e. The highest BCUT2D eigenvalue weighted by Gasteiger charge is 2.19. The number of amides is 1. The molecule has 0 aliphatic heterocycles. The number of hydrogen-bond acceptors (Lipinski definition) is 4. The number of rotatable bonds is 3. The number of halogens is 1. The summed E-state index contributed by atoms with van der Waals surface area (Å²) in [5.74, 6) is 0.190. The van der Waals surface area contributed by atoms with E-state index in [1.807, 2.05) is 0 Å². The van der Waals surface area contributed by atoms with Crippen LogP contribution in [0.2, 0.25) is 4.34 Å². The molecule has 1 heterocycles. The zero-order valence-electron chi connectivity index (χ0n) is 8.04. The zero-order valence-corrected chi connectivity index (χ0v) is 9.61. The van der Waals surface area contributed by atoms with E-state index in [0.717, 1.165) is 16.4 Å². The molecule has 6 heteroatoms. The SMILES string of the molecule is COc1cc(Cl)sc1C(=O)N(C)OC. The molecule has 0 N–H and O–H groups in total. The molecule has 78 valence electrons. The lowest BCUT2D eigenvalue weighted by Gasteiger charge is -2.12. The zero-order chi connectivity index (χ0) is 10.7. The van der Waals surface area contributed by atoms with Gasteiger partial charge in [-0.25, -0.2) is 5.06 Å². The highest BCUT2D eigenvalue weighted by Crippen LogP contribution is 2.33. The average Bonchev–Trinajstić information content (AvgIpc) is 2.57. The van der Waals surface area contributed by atoms with Gasteiger partial charge in [-0.3, -0.25) is 9.63 Å². The molecule has 0 bridgehead atoms. The van der Waals surface area contributed by atoms with Gasteiger partial charge in [-0.05, 0) is 0 Å². The molecule has 1 rings (SSSR count). The maximum absolute atomic E-state index is 11.6. The van der Waals surface area contributed by atoms with E-state index < -0.39 is 0 Å². The first-order valence-corrected chi connectivity index (χ1v) is 4.95. The van der Waals surface area contributed by atoms with Crippen LogP contribution in [0.3, 0.4) is 0 Å². The Morgan fingerprint density at radius 1 is 1.57 bits per heavy atom. The van der Waals surface area contributed by atoms with Gasteiger partial charge in [-0.15, -0.1) is 11.3 Å².